The number of imidazole rings is 1. The lowest BCUT2D eigenvalue weighted by Crippen LogP contribution is -2.17. The van der Waals surface area contributed by atoms with Gasteiger partial charge in [0.2, 0.25) is 0 Å². The summed E-state index contributed by atoms with van der Waals surface area (Å²) in [5.41, 5.74) is 3.96. The van der Waals surface area contributed by atoms with Gasteiger partial charge in [-0.1, -0.05) is 66.7 Å². The molecule has 0 aliphatic carbocycles. The highest BCUT2D eigenvalue weighted by molar-refractivity contribution is 6.14. The molecule has 0 bridgehead atoms. The van der Waals surface area contributed by atoms with E-state index in [1.165, 1.54) is 6.92 Å². The van der Waals surface area contributed by atoms with Crippen LogP contribution in [0.4, 0.5) is 13.2 Å². The lowest BCUT2D eigenvalue weighted by atomic mass is 9.95. The predicted molar refractivity (Wildman–Crippen MR) is 110 cm³/mol. The fourth-order valence-corrected chi connectivity index (χ4v) is 3.99. The van der Waals surface area contributed by atoms with Crippen molar-refractivity contribution < 1.29 is 13.2 Å². The van der Waals surface area contributed by atoms with Crippen LogP contribution in [0.15, 0.2) is 79.1 Å². The Balaban J connectivity index is 1.77. The van der Waals surface area contributed by atoms with E-state index < -0.39 is 12.1 Å². The maximum Gasteiger partial charge on any atom is 0.395 e. The van der Waals surface area contributed by atoms with Crippen molar-refractivity contribution in [2.24, 2.45) is 0 Å². The molecule has 2 aromatic heterocycles. The monoisotopic (exact) mass is 390 g/mol. The summed E-state index contributed by atoms with van der Waals surface area (Å²) < 4.78 is 41.2. The molecule has 5 heteroatoms. The van der Waals surface area contributed by atoms with Crippen LogP contribution in [0.2, 0.25) is 0 Å². The summed E-state index contributed by atoms with van der Waals surface area (Å²) in [7, 11) is 0. The standard InChI is InChI=1S/C24H17F3N2/c1-15(24(25,26)27)16-9-11-17(12-10-16)18-7-4-8-20-19-5-2-3-6-21(19)23-28-13-14-29(23)22(18)20/h2-15H,1H3. The first-order valence-electron chi connectivity index (χ1n) is 9.38. The van der Waals surface area contributed by atoms with E-state index in [2.05, 4.69) is 27.6 Å². The van der Waals surface area contributed by atoms with Gasteiger partial charge in [0.25, 0.3) is 0 Å². The van der Waals surface area contributed by atoms with Crippen molar-refractivity contribution in [1.29, 1.82) is 0 Å². The van der Waals surface area contributed by atoms with E-state index in [1.54, 1.807) is 30.5 Å². The van der Waals surface area contributed by atoms with Crippen molar-refractivity contribution in [2.75, 3.05) is 0 Å². The van der Waals surface area contributed by atoms with E-state index in [9.17, 15) is 13.2 Å². The fourth-order valence-electron chi connectivity index (χ4n) is 3.99. The molecule has 29 heavy (non-hydrogen) atoms. The van der Waals surface area contributed by atoms with E-state index in [1.807, 2.05) is 30.5 Å². The van der Waals surface area contributed by atoms with Crippen LogP contribution in [0.5, 0.6) is 0 Å². The third kappa shape index (κ3) is 2.77. The van der Waals surface area contributed by atoms with Gasteiger partial charge in [0.1, 0.15) is 5.65 Å². The van der Waals surface area contributed by atoms with Crippen molar-refractivity contribution >= 4 is 27.3 Å². The van der Waals surface area contributed by atoms with E-state index in [4.69, 9.17) is 0 Å². The number of benzene rings is 3. The van der Waals surface area contributed by atoms with Crippen molar-refractivity contribution in [1.82, 2.24) is 9.38 Å². The van der Waals surface area contributed by atoms with Gasteiger partial charge in [-0.25, -0.2) is 4.98 Å². The van der Waals surface area contributed by atoms with E-state index in [0.29, 0.717) is 0 Å². The van der Waals surface area contributed by atoms with Crippen LogP contribution in [0, 0.1) is 0 Å². The summed E-state index contributed by atoms with van der Waals surface area (Å²) in [4.78, 5) is 4.53. The Kier molecular flexibility index (Phi) is 3.88. The highest BCUT2D eigenvalue weighted by atomic mass is 19.4. The van der Waals surface area contributed by atoms with Gasteiger partial charge in [0.15, 0.2) is 0 Å². The lowest BCUT2D eigenvalue weighted by molar-refractivity contribution is -0.146. The largest absolute Gasteiger partial charge is 0.395 e. The molecule has 0 N–H and O–H groups in total. The summed E-state index contributed by atoms with van der Waals surface area (Å²) >= 11 is 0. The second-order valence-electron chi connectivity index (χ2n) is 7.25. The van der Waals surface area contributed by atoms with Crippen LogP contribution >= 0.6 is 0 Å². The number of para-hydroxylation sites is 1. The summed E-state index contributed by atoms with van der Waals surface area (Å²) in [6.45, 7) is 1.19. The topological polar surface area (TPSA) is 17.3 Å². The Morgan fingerprint density at radius 3 is 2.24 bits per heavy atom. The van der Waals surface area contributed by atoms with Gasteiger partial charge in [-0.3, -0.25) is 4.40 Å². The molecule has 3 aromatic carbocycles. The Morgan fingerprint density at radius 2 is 1.52 bits per heavy atom. The van der Waals surface area contributed by atoms with Crippen molar-refractivity contribution in [2.45, 2.75) is 19.0 Å². The third-order valence-corrected chi connectivity index (χ3v) is 5.59. The first-order chi connectivity index (χ1) is 13.9. The molecular formula is C24H17F3N2. The van der Waals surface area contributed by atoms with Crippen LogP contribution in [0.25, 0.3) is 38.4 Å². The molecule has 1 unspecified atom stereocenters. The quantitative estimate of drug-likeness (QED) is 0.297. The number of nitrogens with zero attached hydrogens (tertiary/aromatic N) is 2. The summed E-state index contributed by atoms with van der Waals surface area (Å²) in [6, 6.07) is 20.8. The number of alkyl halides is 3. The van der Waals surface area contributed by atoms with Crippen LogP contribution in [-0.4, -0.2) is 15.6 Å². The molecule has 2 nitrogen and oxygen atoms in total. The van der Waals surface area contributed by atoms with Crippen LogP contribution in [0.1, 0.15) is 18.4 Å². The Hall–Kier alpha value is -3.34. The molecule has 0 amide bonds. The number of halogens is 3. The molecular weight excluding hydrogens is 373 g/mol. The van der Waals surface area contributed by atoms with Crippen LogP contribution in [0.3, 0.4) is 0 Å². The summed E-state index contributed by atoms with van der Waals surface area (Å²) in [6.07, 6.45) is -0.553. The second-order valence-corrected chi connectivity index (χ2v) is 7.25. The van der Waals surface area contributed by atoms with Crippen LogP contribution < -0.4 is 0 Å². The van der Waals surface area contributed by atoms with E-state index in [0.717, 1.165) is 38.4 Å². The normalized spacial score (nSPS) is 13.4. The minimum atomic E-state index is -4.25. The smallest absolute Gasteiger partial charge is 0.299 e. The lowest BCUT2D eigenvalue weighted by Gasteiger charge is -2.17. The van der Waals surface area contributed by atoms with Gasteiger partial charge in [-0.15, -0.1) is 0 Å². The number of aromatic nitrogens is 2. The number of rotatable bonds is 2. The Bertz CT molecular complexity index is 1350. The molecule has 2 heterocycles. The molecule has 0 aliphatic rings. The molecule has 0 radical (unpaired) electrons. The molecule has 5 aromatic rings. The molecule has 144 valence electrons. The van der Waals surface area contributed by atoms with Gasteiger partial charge in [-0.2, -0.15) is 13.2 Å². The maximum atomic E-state index is 13.0. The molecule has 0 saturated carbocycles. The van der Waals surface area contributed by atoms with Gasteiger partial charge in [-0.05, 0) is 23.4 Å². The van der Waals surface area contributed by atoms with E-state index in [-0.39, 0.29) is 5.56 Å². The number of hydrogen-bond donors (Lipinski definition) is 0. The third-order valence-electron chi connectivity index (χ3n) is 5.59. The minimum absolute atomic E-state index is 0.264. The predicted octanol–water partition coefficient (Wildman–Crippen LogP) is 6.97. The SMILES string of the molecule is CC(c1ccc(-c2cccc3c4ccccc4c4nccn4c23)cc1)C(F)(F)F. The van der Waals surface area contributed by atoms with Crippen molar-refractivity contribution in [3.8, 4) is 11.1 Å². The summed E-state index contributed by atoms with van der Waals surface area (Å²) in [5, 5.41) is 3.25. The van der Waals surface area contributed by atoms with Crippen LogP contribution in [-0.2, 0) is 0 Å². The van der Waals surface area contributed by atoms with Gasteiger partial charge < -0.3 is 0 Å². The average Bonchev–Trinajstić information content (AvgIpc) is 3.22. The molecule has 5 rings (SSSR count). The Labute approximate surface area is 165 Å². The zero-order valence-corrected chi connectivity index (χ0v) is 15.6. The summed E-state index contributed by atoms with van der Waals surface area (Å²) in [5.74, 6) is -1.49. The number of fused-ring (bicyclic) bond motifs is 6. The zero-order chi connectivity index (χ0) is 20.2. The highest BCUT2D eigenvalue weighted by Crippen LogP contribution is 2.37. The minimum Gasteiger partial charge on any atom is -0.299 e. The molecule has 0 fully saturated rings. The first-order valence-corrected chi connectivity index (χ1v) is 9.38. The molecule has 0 saturated heterocycles. The van der Waals surface area contributed by atoms with Gasteiger partial charge in [0, 0.05) is 28.7 Å². The highest BCUT2D eigenvalue weighted by Gasteiger charge is 2.36. The molecule has 0 spiro atoms. The number of hydrogen-bond acceptors (Lipinski definition) is 1. The van der Waals surface area contributed by atoms with Crippen molar-refractivity contribution in [3.05, 3.63) is 84.7 Å². The second kappa shape index (κ2) is 6.34. The molecule has 0 aliphatic heterocycles. The average molecular weight is 390 g/mol. The van der Waals surface area contributed by atoms with E-state index >= 15 is 0 Å². The van der Waals surface area contributed by atoms with Gasteiger partial charge in [0.05, 0.1) is 11.4 Å². The first kappa shape index (κ1) is 17.7. The fraction of sp³-hybridized carbons (Fsp3) is 0.125. The van der Waals surface area contributed by atoms with Crippen molar-refractivity contribution in [3.63, 3.8) is 0 Å². The maximum absolute atomic E-state index is 13.0. The molecule has 1 atom stereocenters. The zero-order valence-electron chi connectivity index (χ0n) is 15.6. The van der Waals surface area contributed by atoms with Gasteiger partial charge >= 0.3 is 6.18 Å². The number of pyridine rings is 1. The Morgan fingerprint density at radius 1 is 0.828 bits per heavy atom.